The Balaban J connectivity index is 2.09. The summed E-state index contributed by atoms with van der Waals surface area (Å²) in [6, 6.07) is 13.7. The van der Waals surface area contributed by atoms with Gasteiger partial charge in [-0.05, 0) is 25.1 Å². The summed E-state index contributed by atoms with van der Waals surface area (Å²) in [6.45, 7) is 5.58. The van der Waals surface area contributed by atoms with E-state index in [1.54, 1.807) is 6.07 Å². The van der Waals surface area contributed by atoms with Gasteiger partial charge in [0.25, 0.3) is 0 Å². The highest BCUT2D eigenvalue weighted by Gasteiger charge is 2.09. The molecule has 0 amide bonds. The topological polar surface area (TPSA) is 34.2 Å². The lowest BCUT2D eigenvalue weighted by molar-refractivity contribution is 0.217. The predicted molar refractivity (Wildman–Crippen MR) is 82.1 cm³/mol. The van der Waals surface area contributed by atoms with Crippen molar-refractivity contribution in [2.24, 2.45) is 0 Å². The van der Waals surface area contributed by atoms with E-state index in [2.05, 4.69) is 10.3 Å². The van der Waals surface area contributed by atoms with E-state index in [1.807, 2.05) is 50.2 Å². The predicted octanol–water partition coefficient (Wildman–Crippen LogP) is 3.98. The van der Waals surface area contributed by atoms with Gasteiger partial charge in [0.1, 0.15) is 6.10 Å². The standard InChI is InChI=1S/C16H19ClN2O/c1-3-18-11-15-14(17)9-10-16(19-15)20-12(2)13-7-5-4-6-8-13/h4-10,12,18H,3,11H2,1-2H3. The fourth-order valence-electron chi connectivity index (χ4n) is 1.87. The minimum Gasteiger partial charge on any atom is -0.470 e. The molecule has 0 aliphatic carbocycles. The van der Waals surface area contributed by atoms with E-state index in [9.17, 15) is 0 Å². The molecule has 2 rings (SSSR count). The second-order valence-corrected chi connectivity index (χ2v) is 4.94. The Hall–Kier alpha value is -1.58. The molecule has 106 valence electrons. The lowest BCUT2D eigenvalue weighted by Gasteiger charge is -2.15. The molecule has 0 fully saturated rings. The first-order valence-corrected chi connectivity index (χ1v) is 7.16. The number of hydrogen-bond acceptors (Lipinski definition) is 3. The van der Waals surface area contributed by atoms with Crippen molar-refractivity contribution in [3.8, 4) is 5.88 Å². The molecule has 0 aliphatic heterocycles. The number of aromatic nitrogens is 1. The van der Waals surface area contributed by atoms with Crippen LogP contribution in [0.15, 0.2) is 42.5 Å². The molecule has 4 heteroatoms. The number of halogens is 1. The monoisotopic (exact) mass is 290 g/mol. The highest BCUT2D eigenvalue weighted by Crippen LogP contribution is 2.23. The molecule has 0 radical (unpaired) electrons. The van der Waals surface area contributed by atoms with E-state index in [0.717, 1.165) is 17.8 Å². The Morgan fingerprint density at radius 2 is 1.95 bits per heavy atom. The van der Waals surface area contributed by atoms with Gasteiger partial charge in [-0.25, -0.2) is 4.98 Å². The molecule has 0 spiro atoms. The Morgan fingerprint density at radius 1 is 1.20 bits per heavy atom. The molecule has 3 nitrogen and oxygen atoms in total. The van der Waals surface area contributed by atoms with E-state index in [-0.39, 0.29) is 6.10 Å². The summed E-state index contributed by atoms with van der Waals surface area (Å²) < 4.78 is 5.88. The summed E-state index contributed by atoms with van der Waals surface area (Å²) in [5.41, 5.74) is 1.93. The average Bonchev–Trinajstić information content (AvgIpc) is 2.48. The van der Waals surface area contributed by atoms with Crippen LogP contribution in [0.2, 0.25) is 5.02 Å². The summed E-state index contributed by atoms with van der Waals surface area (Å²) >= 11 is 6.13. The van der Waals surface area contributed by atoms with E-state index in [0.29, 0.717) is 17.4 Å². The smallest absolute Gasteiger partial charge is 0.214 e. The maximum absolute atomic E-state index is 6.13. The number of benzene rings is 1. The zero-order chi connectivity index (χ0) is 14.4. The highest BCUT2D eigenvalue weighted by atomic mass is 35.5. The third-order valence-electron chi connectivity index (χ3n) is 3.00. The fourth-order valence-corrected chi connectivity index (χ4v) is 2.04. The number of nitrogens with zero attached hydrogens (tertiary/aromatic N) is 1. The molecule has 0 bridgehead atoms. The van der Waals surface area contributed by atoms with Crippen molar-refractivity contribution in [1.82, 2.24) is 10.3 Å². The molecule has 1 heterocycles. The normalized spacial score (nSPS) is 12.2. The van der Waals surface area contributed by atoms with E-state index in [4.69, 9.17) is 16.3 Å². The van der Waals surface area contributed by atoms with Crippen LogP contribution in [-0.4, -0.2) is 11.5 Å². The van der Waals surface area contributed by atoms with Crippen LogP contribution in [0, 0.1) is 0 Å². The van der Waals surface area contributed by atoms with Crippen LogP contribution in [-0.2, 0) is 6.54 Å². The zero-order valence-corrected chi connectivity index (χ0v) is 12.5. The molecule has 1 aromatic heterocycles. The fraction of sp³-hybridized carbons (Fsp3) is 0.312. The summed E-state index contributed by atoms with van der Waals surface area (Å²) in [5.74, 6) is 0.596. The number of pyridine rings is 1. The van der Waals surface area contributed by atoms with Crippen LogP contribution >= 0.6 is 11.6 Å². The third kappa shape index (κ3) is 3.95. The van der Waals surface area contributed by atoms with Gasteiger partial charge in [-0.2, -0.15) is 0 Å². The Morgan fingerprint density at radius 3 is 2.65 bits per heavy atom. The van der Waals surface area contributed by atoms with Gasteiger partial charge < -0.3 is 10.1 Å². The van der Waals surface area contributed by atoms with Gasteiger partial charge in [0, 0.05) is 12.6 Å². The molecular weight excluding hydrogens is 272 g/mol. The molecular formula is C16H19ClN2O. The van der Waals surface area contributed by atoms with E-state index >= 15 is 0 Å². The third-order valence-corrected chi connectivity index (χ3v) is 3.35. The van der Waals surface area contributed by atoms with Crippen molar-refractivity contribution in [2.75, 3.05) is 6.54 Å². The summed E-state index contributed by atoms with van der Waals surface area (Å²) in [6.07, 6.45) is -0.0446. The minimum absolute atomic E-state index is 0.0446. The summed E-state index contributed by atoms with van der Waals surface area (Å²) in [4.78, 5) is 4.46. The number of ether oxygens (including phenoxy) is 1. The molecule has 1 atom stereocenters. The van der Waals surface area contributed by atoms with Crippen molar-refractivity contribution < 1.29 is 4.74 Å². The van der Waals surface area contributed by atoms with E-state index < -0.39 is 0 Å². The van der Waals surface area contributed by atoms with E-state index in [1.165, 1.54) is 0 Å². The number of rotatable bonds is 6. The van der Waals surface area contributed by atoms with Gasteiger partial charge in [0.2, 0.25) is 5.88 Å². The van der Waals surface area contributed by atoms with Gasteiger partial charge in [-0.3, -0.25) is 0 Å². The van der Waals surface area contributed by atoms with Crippen LogP contribution in [0.5, 0.6) is 5.88 Å². The molecule has 1 N–H and O–H groups in total. The molecule has 0 aliphatic rings. The van der Waals surface area contributed by atoms with Gasteiger partial charge in [-0.15, -0.1) is 0 Å². The molecule has 0 saturated heterocycles. The largest absolute Gasteiger partial charge is 0.470 e. The van der Waals surface area contributed by atoms with Crippen molar-refractivity contribution in [3.63, 3.8) is 0 Å². The zero-order valence-electron chi connectivity index (χ0n) is 11.8. The lowest BCUT2D eigenvalue weighted by Crippen LogP contribution is -2.14. The van der Waals surface area contributed by atoms with Crippen LogP contribution in [0.4, 0.5) is 0 Å². The van der Waals surface area contributed by atoms with Crippen LogP contribution in [0.1, 0.15) is 31.2 Å². The van der Waals surface area contributed by atoms with Gasteiger partial charge in [-0.1, -0.05) is 48.9 Å². The van der Waals surface area contributed by atoms with Gasteiger partial charge >= 0.3 is 0 Å². The molecule has 0 saturated carbocycles. The van der Waals surface area contributed by atoms with Gasteiger partial charge in [0.15, 0.2) is 0 Å². The SMILES string of the molecule is CCNCc1nc(OC(C)c2ccccc2)ccc1Cl. The Bertz CT molecular complexity index is 545. The Labute approximate surface area is 124 Å². The summed E-state index contributed by atoms with van der Waals surface area (Å²) in [5, 5.41) is 3.87. The maximum atomic E-state index is 6.13. The number of hydrogen-bond donors (Lipinski definition) is 1. The molecule has 2 aromatic rings. The van der Waals surface area contributed by atoms with Crippen LogP contribution in [0.25, 0.3) is 0 Å². The average molecular weight is 291 g/mol. The first-order valence-electron chi connectivity index (χ1n) is 6.78. The minimum atomic E-state index is -0.0446. The highest BCUT2D eigenvalue weighted by molar-refractivity contribution is 6.31. The Kier molecular flexibility index (Phi) is 5.39. The van der Waals surface area contributed by atoms with Crippen molar-refractivity contribution in [2.45, 2.75) is 26.5 Å². The molecule has 1 unspecified atom stereocenters. The van der Waals surface area contributed by atoms with Gasteiger partial charge in [0.05, 0.1) is 10.7 Å². The van der Waals surface area contributed by atoms with Crippen LogP contribution < -0.4 is 10.1 Å². The maximum Gasteiger partial charge on any atom is 0.214 e. The summed E-state index contributed by atoms with van der Waals surface area (Å²) in [7, 11) is 0. The van der Waals surface area contributed by atoms with Crippen molar-refractivity contribution in [1.29, 1.82) is 0 Å². The first-order chi connectivity index (χ1) is 9.70. The number of nitrogens with one attached hydrogen (secondary N) is 1. The second-order valence-electron chi connectivity index (χ2n) is 4.53. The first kappa shape index (κ1) is 14.8. The van der Waals surface area contributed by atoms with Crippen LogP contribution in [0.3, 0.4) is 0 Å². The quantitative estimate of drug-likeness (QED) is 0.873. The van der Waals surface area contributed by atoms with Crippen molar-refractivity contribution >= 4 is 11.6 Å². The molecule has 1 aromatic carbocycles. The van der Waals surface area contributed by atoms with Crippen molar-refractivity contribution in [3.05, 3.63) is 58.7 Å². The second kappa shape index (κ2) is 7.27. The molecule has 20 heavy (non-hydrogen) atoms. The lowest BCUT2D eigenvalue weighted by atomic mass is 10.1.